The summed E-state index contributed by atoms with van der Waals surface area (Å²) in [5, 5.41) is 7.12. The van der Waals surface area contributed by atoms with Crippen LogP contribution in [0.4, 0.5) is 5.69 Å². The first-order chi connectivity index (χ1) is 13.3. The maximum atomic E-state index is 12.7. The molecule has 0 atom stereocenters. The zero-order valence-corrected chi connectivity index (χ0v) is 16.5. The van der Waals surface area contributed by atoms with E-state index in [-0.39, 0.29) is 10.5 Å². The lowest BCUT2D eigenvalue weighted by molar-refractivity contribution is -0.0258. The van der Waals surface area contributed by atoms with E-state index in [9.17, 15) is 13.2 Å². The third-order valence-corrected chi connectivity index (χ3v) is 5.85. The van der Waals surface area contributed by atoms with Crippen LogP contribution in [0, 0.1) is 0 Å². The van der Waals surface area contributed by atoms with Gasteiger partial charge in [0.1, 0.15) is 18.3 Å². The number of carbonyl (C=O) groups is 1. The van der Waals surface area contributed by atoms with Gasteiger partial charge >= 0.3 is 0 Å². The van der Waals surface area contributed by atoms with Crippen LogP contribution >= 0.6 is 11.6 Å². The molecule has 0 saturated heterocycles. The maximum Gasteiger partial charge on any atom is 0.264 e. The van der Waals surface area contributed by atoms with E-state index in [1.54, 1.807) is 18.2 Å². The molecule has 0 aliphatic heterocycles. The number of amides is 1. The van der Waals surface area contributed by atoms with Crippen LogP contribution in [0.15, 0.2) is 60.0 Å². The Morgan fingerprint density at radius 1 is 1.25 bits per heavy atom. The van der Waals surface area contributed by atoms with Gasteiger partial charge in [-0.05, 0) is 30.3 Å². The van der Waals surface area contributed by atoms with Crippen LogP contribution < -0.4 is 5.32 Å². The number of carbonyl (C=O) groups excluding carboxylic acids is 1. The first kappa shape index (κ1) is 20.0. The molecule has 9 nitrogen and oxygen atoms in total. The third-order valence-electron chi connectivity index (χ3n) is 3.87. The standard InChI is InChI=1S/C17H16ClN5O4S/c1-22(27-2)28(25,26)13-6-3-5-12(9-13)17(24)21-15-8-4-7-14(18)16(15)23-11-19-10-20-23/h3-11H,1-2H3,(H,21,24). The van der Waals surface area contributed by atoms with Gasteiger partial charge in [-0.1, -0.05) is 28.2 Å². The minimum Gasteiger partial charge on any atom is -0.320 e. The lowest BCUT2D eigenvalue weighted by Gasteiger charge is -2.15. The van der Waals surface area contributed by atoms with Crippen molar-refractivity contribution < 1.29 is 18.0 Å². The predicted molar refractivity (Wildman–Crippen MR) is 103 cm³/mol. The normalized spacial score (nSPS) is 11.6. The van der Waals surface area contributed by atoms with E-state index in [2.05, 4.69) is 15.4 Å². The summed E-state index contributed by atoms with van der Waals surface area (Å²) in [6, 6.07) is 10.6. The highest BCUT2D eigenvalue weighted by Gasteiger charge is 2.22. The zero-order chi connectivity index (χ0) is 20.3. The number of para-hydroxylation sites is 1. The maximum absolute atomic E-state index is 12.7. The summed E-state index contributed by atoms with van der Waals surface area (Å²) >= 11 is 6.25. The Labute approximate surface area is 166 Å². The zero-order valence-electron chi connectivity index (χ0n) is 14.9. The van der Waals surface area contributed by atoms with Crippen molar-refractivity contribution >= 4 is 33.2 Å². The molecule has 3 rings (SSSR count). The van der Waals surface area contributed by atoms with Crippen molar-refractivity contribution in [2.75, 3.05) is 19.5 Å². The van der Waals surface area contributed by atoms with Crippen molar-refractivity contribution in [1.29, 1.82) is 0 Å². The molecule has 28 heavy (non-hydrogen) atoms. The van der Waals surface area contributed by atoms with Crippen molar-refractivity contribution in [2.45, 2.75) is 4.90 Å². The second-order valence-corrected chi connectivity index (χ2v) is 7.90. The van der Waals surface area contributed by atoms with Crippen molar-refractivity contribution in [3.05, 3.63) is 65.7 Å². The van der Waals surface area contributed by atoms with Gasteiger partial charge < -0.3 is 5.32 Å². The van der Waals surface area contributed by atoms with Gasteiger partial charge in [0.25, 0.3) is 15.9 Å². The van der Waals surface area contributed by atoms with Crippen LogP contribution in [0.5, 0.6) is 0 Å². The number of hydrogen-bond donors (Lipinski definition) is 1. The number of hydroxylamine groups is 1. The first-order valence-electron chi connectivity index (χ1n) is 7.92. The van der Waals surface area contributed by atoms with Crippen LogP contribution in [0.1, 0.15) is 10.4 Å². The smallest absolute Gasteiger partial charge is 0.264 e. The van der Waals surface area contributed by atoms with Crippen molar-refractivity contribution in [3.63, 3.8) is 0 Å². The van der Waals surface area contributed by atoms with Gasteiger partial charge in [-0.15, -0.1) is 0 Å². The van der Waals surface area contributed by atoms with Crippen molar-refractivity contribution in [1.82, 2.24) is 19.2 Å². The van der Waals surface area contributed by atoms with E-state index in [0.717, 1.165) is 0 Å². The SMILES string of the molecule is CON(C)S(=O)(=O)c1cccc(C(=O)Nc2cccc(Cl)c2-n2cncn2)c1. The number of hydrogen-bond acceptors (Lipinski definition) is 6. The molecule has 3 aromatic rings. The second kappa shape index (κ2) is 8.07. The van der Waals surface area contributed by atoms with Gasteiger partial charge in [-0.2, -0.15) is 5.10 Å². The second-order valence-electron chi connectivity index (χ2n) is 5.56. The summed E-state index contributed by atoms with van der Waals surface area (Å²) in [6.45, 7) is 0. The fraction of sp³-hybridized carbons (Fsp3) is 0.118. The predicted octanol–water partition coefficient (Wildman–Crippen LogP) is 2.35. The number of nitrogens with zero attached hydrogens (tertiary/aromatic N) is 4. The van der Waals surface area contributed by atoms with E-state index in [0.29, 0.717) is 20.9 Å². The largest absolute Gasteiger partial charge is 0.320 e. The average Bonchev–Trinajstić information content (AvgIpc) is 3.21. The van der Waals surface area contributed by atoms with Crippen molar-refractivity contribution in [3.8, 4) is 5.69 Å². The highest BCUT2D eigenvalue weighted by Crippen LogP contribution is 2.28. The summed E-state index contributed by atoms with van der Waals surface area (Å²) in [7, 11) is -1.38. The molecule has 11 heteroatoms. The van der Waals surface area contributed by atoms with E-state index >= 15 is 0 Å². The lowest BCUT2D eigenvalue weighted by atomic mass is 10.2. The Bertz CT molecular complexity index is 1100. The fourth-order valence-electron chi connectivity index (χ4n) is 2.41. The number of rotatable bonds is 6. The fourth-order valence-corrected chi connectivity index (χ4v) is 3.69. The third kappa shape index (κ3) is 3.90. The quantitative estimate of drug-likeness (QED) is 0.612. The van der Waals surface area contributed by atoms with Gasteiger partial charge in [-0.3, -0.25) is 9.63 Å². The minimum absolute atomic E-state index is 0.0768. The van der Waals surface area contributed by atoms with Crippen LogP contribution in [0.3, 0.4) is 0 Å². The van der Waals surface area contributed by atoms with Crippen LogP contribution in [0.2, 0.25) is 5.02 Å². The van der Waals surface area contributed by atoms with E-state index in [4.69, 9.17) is 16.4 Å². The number of anilines is 1. The molecule has 1 amide bonds. The number of halogens is 1. The number of sulfonamides is 1. The highest BCUT2D eigenvalue weighted by atomic mass is 35.5. The average molecular weight is 422 g/mol. The lowest BCUT2D eigenvalue weighted by Crippen LogP contribution is -2.26. The summed E-state index contributed by atoms with van der Waals surface area (Å²) < 4.78 is 26.9. The summed E-state index contributed by atoms with van der Waals surface area (Å²) in [5.74, 6) is -0.513. The molecule has 0 aliphatic rings. The van der Waals surface area contributed by atoms with E-state index in [1.165, 1.54) is 55.8 Å². The molecular weight excluding hydrogens is 406 g/mol. The van der Waals surface area contributed by atoms with Gasteiger partial charge in [0.2, 0.25) is 0 Å². The monoisotopic (exact) mass is 421 g/mol. The molecule has 0 aliphatic carbocycles. The number of aromatic nitrogens is 3. The summed E-state index contributed by atoms with van der Waals surface area (Å²) in [4.78, 5) is 21.3. The summed E-state index contributed by atoms with van der Waals surface area (Å²) in [5.41, 5.74) is 0.985. The molecule has 1 heterocycles. The highest BCUT2D eigenvalue weighted by molar-refractivity contribution is 7.89. The summed E-state index contributed by atoms with van der Waals surface area (Å²) in [6.07, 6.45) is 2.79. The van der Waals surface area contributed by atoms with Crippen molar-refractivity contribution in [2.24, 2.45) is 0 Å². The first-order valence-corrected chi connectivity index (χ1v) is 9.74. The molecule has 0 saturated carbocycles. The molecule has 1 N–H and O–H groups in total. The number of nitrogens with one attached hydrogen (secondary N) is 1. The molecular formula is C17H16ClN5O4S. The molecule has 2 aromatic carbocycles. The van der Waals surface area contributed by atoms with Crippen LogP contribution in [-0.2, 0) is 14.9 Å². The molecule has 1 aromatic heterocycles. The van der Waals surface area contributed by atoms with Crippen LogP contribution in [-0.4, -0.2) is 47.7 Å². The molecule has 0 unspecified atom stereocenters. The van der Waals surface area contributed by atoms with E-state index < -0.39 is 15.9 Å². The molecule has 0 radical (unpaired) electrons. The topological polar surface area (TPSA) is 106 Å². The molecule has 146 valence electrons. The van der Waals surface area contributed by atoms with Gasteiger partial charge in [-0.25, -0.2) is 18.1 Å². The Kier molecular flexibility index (Phi) is 5.75. The Morgan fingerprint density at radius 3 is 2.68 bits per heavy atom. The molecule has 0 fully saturated rings. The molecule has 0 spiro atoms. The van der Waals surface area contributed by atoms with Gasteiger partial charge in [0.05, 0.1) is 22.7 Å². The van der Waals surface area contributed by atoms with Crippen LogP contribution in [0.25, 0.3) is 5.69 Å². The minimum atomic E-state index is -3.88. The Hall–Kier alpha value is -2.79. The van der Waals surface area contributed by atoms with Gasteiger partial charge in [0.15, 0.2) is 0 Å². The van der Waals surface area contributed by atoms with Gasteiger partial charge in [0, 0.05) is 12.6 Å². The Morgan fingerprint density at radius 2 is 2.00 bits per heavy atom. The number of benzene rings is 2. The van der Waals surface area contributed by atoms with E-state index in [1.807, 2.05) is 0 Å². The molecule has 0 bridgehead atoms. The Balaban J connectivity index is 1.94.